The first-order valence-electron chi connectivity index (χ1n) is 4.77. The molecule has 1 aromatic rings. The number of nitrogens with two attached hydrogens (primary N) is 1. The molecule has 1 amide bonds. The number of carbonyl (C=O) groups is 1. The Morgan fingerprint density at radius 2 is 2.33 bits per heavy atom. The molecule has 1 atom stereocenters. The van der Waals surface area contributed by atoms with E-state index >= 15 is 0 Å². The van der Waals surface area contributed by atoms with E-state index in [9.17, 15) is 4.79 Å². The Balaban J connectivity index is 2.44. The third kappa shape index (κ3) is 3.59. The molecule has 3 N–H and O–H groups in total. The predicted molar refractivity (Wildman–Crippen MR) is 66.7 cm³/mol. The molecule has 5 heteroatoms. The molecule has 84 valence electrons. The van der Waals surface area contributed by atoms with Gasteiger partial charge in [-0.05, 0) is 33.3 Å². The smallest absolute Gasteiger partial charge is 0.237 e. The molecular formula is C10H15BrN2OS. The monoisotopic (exact) mass is 290 g/mol. The zero-order chi connectivity index (χ0) is 11.4. The number of rotatable bonds is 4. The minimum atomic E-state index is -0.427. The van der Waals surface area contributed by atoms with Gasteiger partial charge in [0.2, 0.25) is 5.91 Å². The second-order valence-electron chi connectivity index (χ2n) is 3.68. The van der Waals surface area contributed by atoms with Gasteiger partial charge in [-0.15, -0.1) is 11.3 Å². The van der Waals surface area contributed by atoms with Gasteiger partial charge >= 0.3 is 0 Å². The van der Waals surface area contributed by atoms with Crippen LogP contribution in [0.15, 0.2) is 15.9 Å². The van der Waals surface area contributed by atoms with Crippen LogP contribution in [0.25, 0.3) is 0 Å². The van der Waals surface area contributed by atoms with Crippen molar-refractivity contribution in [3.05, 3.63) is 20.8 Å². The van der Waals surface area contributed by atoms with Crippen molar-refractivity contribution in [2.24, 2.45) is 11.7 Å². The molecule has 0 aliphatic carbocycles. The lowest BCUT2D eigenvalue weighted by atomic mass is 10.1. The lowest BCUT2D eigenvalue weighted by molar-refractivity contribution is -0.123. The highest BCUT2D eigenvalue weighted by atomic mass is 79.9. The predicted octanol–water partition coefficient (Wildman–Crippen LogP) is 2.11. The molecule has 0 aromatic carbocycles. The van der Waals surface area contributed by atoms with E-state index in [1.165, 1.54) is 0 Å². The lowest BCUT2D eigenvalue weighted by Gasteiger charge is -2.14. The minimum Gasteiger partial charge on any atom is -0.350 e. The van der Waals surface area contributed by atoms with Gasteiger partial charge in [0.25, 0.3) is 0 Å². The van der Waals surface area contributed by atoms with Crippen LogP contribution in [0, 0.1) is 5.92 Å². The van der Waals surface area contributed by atoms with Gasteiger partial charge in [-0.1, -0.05) is 13.8 Å². The molecule has 1 rings (SSSR count). The molecule has 15 heavy (non-hydrogen) atoms. The molecule has 0 fully saturated rings. The summed E-state index contributed by atoms with van der Waals surface area (Å²) in [4.78, 5) is 12.7. The van der Waals surface area contributed by atoms with Gasteiger partial charge < -0.3 is 11.1 Å². The van der Waals surface area contributed by atoms with Crippen LogP contribution in [0.1, 0.15) is 18.7 Å². The Labute approximate surface area is 102 Å². The van der Waals surface area contributed by atoms with Gasteiger partial charge in [-0.3, -0.25) is 4.79 Å². The van der Waals surface area contributed by atoms with E-state index in [0.29, 0.717) is 6.54 Å². The SMILES string of the molecule is CC(C)[C@@H](N)C(=O)NCc1sccc1Br. The maximum Gasteiger partial charge on any atom is 0.237 e. The van der Waals surface area contributed by atoms with E-state index in [1.807, 2.05) is 25.3 Å². The number of amides is 1. The quantitative estimate of drug-likeness (QED) is 0.892. The Hall–Kier alpha value is -0.390. The van der Waals surface area contributed by atoms with Crippen molar-refractivity contribution in [1.29, 1.82) is 0 Å². The molecule has 1 aromatic heterocycles. The first kappa shape index (κ1) is 12.7. The van der Waals surface area contributed by atoms with E-state index in [0.717, 1.165) is 9.35 Å². The zero-order valence-corrected chi connectivity index (χ0v) is 11.2. The van der Waals surface area contributed by atoms with E-state index in [2.05, 4.69) is 21.2 Å². The number of hydrogen-bond donors (Lipinski definition) is 2. The molecule has 3 nitrogen and oxygen atoms in total. The zero-order valence-electron chi connectivity index (χ0n) is 8.79. The van der Waals surface area contributed by atoms with Gasteiger partial charge in [-0.2, -0.15) is 0 Å². The minimum absolute atomic E-state index is 0.0923. The highest BCUT2D eigenvalue weighted by Gasteiger charge is 2.16. The largest absolute Gasteiger partial charge is 0.350 e. The fourth-order valence-electron chi connectivity index (χ4n) is 1.04. The Morgan fingerprint density at radius 3 is 2.80 bits per heavy atom. The average molecular weight is 291 g/mol. The first-order chi connectivity index (χ1) is 7.02. The van der Waals surface area contributed by atoms with Crippen molar-refractivity contribution in [2.45, 2.75) is 26.4 Å². The standard InChI is InChI=1S/C10H15BrN2OS/c1-6(2)9(12)10(14)13-5-8-7(11)3-4-15-8/h3-4,6,9H,5,12H2,1-2H3,(H,13,14)/t9-/m1/s1. The van der Waals surface area contributed by atoms with Crippen LogP contribution in [0.5, 0.6) is 0 Å². The fourth-order valence-corrected chi connectivity index (χ4v) is 2.47. The molecule has 0 saturated carbocycles. The number of halogens is 1. The Kier molecular flexibility index (Phi) is 4.76. The van der Waals surface area contributed by atoms with E-state index in [-0.39, 0.29) is 11.8 Å². The van der Waals surface area contributed by atoms with E-state index in [1.54, 1.807) is 11.3 Å². The van der Waals surface area contributed by atoms with Crippen molar-refractivity contribution < 1.29 is 4.79 Å². The van der Waals surface area contributed by atoms with E-state index in [4.69, 9.17) is 5.73 Å². The number of carbonyl (C=O) groups excluding carboxylic acids is 1. The topological polar surface area (TPSA) is 55.1 Å². The summed E-state index contributed by atoms with van der Waals surface area (Å²) in [6.07, 6.45) is 0. The van der Waals surface area contributed by atoms with Crippen molar-refractivity contribution >= 4 is 33.2 Å². The Bertz CT molecular complexity index is 338. The first-order valence-corrected chi connectivity index (χ1v) is 6.44. The lowest BCUT2D eigenvalue weighted by Crippen LogP contribution is -2.43. The molecule has 1 heterocycles. The summed E-state index contributed by atoms with van der Waals surface area (Å²) in [5.74, 6) is 0.0714. The summed E-state index contributed by atoms with van der Waals surface area (Å²) < 4.78 is 1.03. The molecule has 0 unspecified atom stereocenters. The summed E-state index contributed by atoms with van der Waals surface area (Å²) >= 11 is 5.02. The van der Waals surface area contributed by atoms with Gasteiger partial charge in [0.15, 0.2) is 0 Å². The van der Waals surface area contributed by atoms with Crippen LogP contribution >= 0.6 is 27.3 Å². The molecule has 0 aliphatic rings. The summed E-state index contributed by atoms with van der Waals surface area (Å²) in [5, 5.41) is 4.80. The highest BCUT2D eigenvalue weighted by molar-refractivity contribution is 9.10. The average Bonchev–Trinajstić information content (AvgIpc) is 2.59. The van der Waals surface area contributed by atoms with Gasteiger partial charge in [0, 0.05) is 9.35 Å². The normalized spacial score (nSPS) is 12.9. The van der Waals surface area contributed by atoms with Crippen molar-refractivity contribution in [2.75, 3.05) is 0 Å². The molecule has 0 spiro atoms. The highest BCUT2D eigenvalue weighted by Crippen LogP contribution is 2.22. The summed E-state index contributed by atoms with van der Waals surface area (Å²) in [6.45, 7) is 4.41. The van der Waals surface area contributed by atoms with Crippen LogP contribution in [0.3, 0.4) is 0 Å². The van der Waals surface area contributed by atoms with Crippen LogP contribution in [0.2, 0.25) is 0 Å². The third-order valence-corrected chi connectivity index (χ3v) is 4.06. The van der Waals surface area contributed by atoms with E-state index < -0.39 is 6.04 Å². The van der Waals surface area contributed by atoms with Crippen LogP contribution in [-0.2, 0) is 11.3 Å². The maximum absolute atomic E-state index is 11.5. The fraction of sp³-hybridized carbons (Fsp3) is 0.500. The van der Waals surface area contributed by atoms with Gasteiger partial charge in [0.05, 0.1) is 12.6 Å². The summed E-state index contributed by atoms with van der Waals surface area (Å²) in [6, 6.07) is 1.54. The van der Waals surface area contributed by atoms with Gasteiger partial charge in [-0.25, -0.2) is 0 Å². The number of nitrogens with one attached hydrogen (secondary N) is 1. The van der Waals surface area contributed by atoms with Crippen LogP contribution in [-0.4, -0.2) is 11.9 Å². The number of thiophene rings is 1. The maximum atomic E-state index is 11.5. The molecule has 0 saturated heterocycles. The Morgan fingerprint density at radius 1 is 1.67 bits per heavy atom. The van der Waals surface area contributed by atoms with Crippen molar-refractivity contribution in [3.63, 3.8) is 0 Å². The van der Waals surface area contributed by atoms with Crippen LogP contribution in [0.4, 0.5) is 0 Å². The van der Waals surface area contributed by atoms with Crippen molar-refractivity contribution in [3.8, 4) is 0 Å². The number of hydrogen-bond acceptors (Lipinski definition) is 3. The van der Waals surface area contributed by atoms with Gasteiger partial charge in [0.1, 0.15) is 0 Å². The molecule has 0 aliphatic heterocycles. The van der Waals surface area contributed by atoms with Crippen LogP contribution < -0.4 is 11.1 Å². The third-order valence-electron chi connectivity index (χ3n) is 2.14. The van der Waals surface area contributed by atoms with Crippen molar-refractivity contribution in [1.82, 2.24) is 5.32 Å². The summed E-state index contributed by atoms with van der Waals surface area (Å²) in [7, 11) is 0. The second-order valence-corrected chi connectivity index (χ2v) is 5.53. The molecule has 0 radical (unpaired) electrons. The molecule has 0 bridgehead atoms. The summed E-state index contributed by atoms with van der Waals surface area (Å²) in [5.41, 5.74) is 5.72. The molecular weight excluding hydrogens is 276 g/mol. The second kappa shape index (κ2) is 5.63.